The van der Waals surface area contributed by atoms with Crippen LogP contribution < -0.4 is 10.6 Å². The number of halogens is 3. The van der Waals surface area contributed by atoms with Gasteiger partial charge < -0.3 is 15.4 Å². The van der Waals surface area contributed by atoms with Gasteiger partial charge in [-0.15, -0.1) is 0 Å². The minimum absolute atomic E-state index is 0.362. The second-order valence-corrected chi connectivity index (χ2v) is 4.03. The van der Waals surface area contributed by atoms with E-state index >= 15 is 0 Å². The SMILES string of the molecule is O=C(NCCCN1CCOCC1)NCC(F)(F)F. The third-order valence-corrected chi connectivity index (χ3v) is 2.49. The Hall–Kier alpha value is -1.02. The Labute approximate surface area is 104 Å². The zero-order valence-corrected chi connectivity index (χ0v) is 10.1. The quantitative estimate of drug-likeness (QED) is 0.717. The summed E-state index contributed by atoms with van der Waals surface area (Å²) in [7, 11) is 0. The summed E-state index contributed by atoms with van der Waals surface area (Å²) < 4.78 is 40.5. The van der Waals surface area contributed by atoms with E-state index in [4.69, 9.17) is 4.74 Å². The minimum Gasteiger partial charge on any atom is -0.379 e. The number of carbonyl (C=O) groups is 1. The fourth-order valence-corrected chi connectivity index (χ4v) is 1.57. The molecule has 2 N–H and O–H groups in total. The van der Waals surface area contributed by atoms with Crippen LogP contribution in [-0.2, 0) is 4.74 Å². The van der Waals surface area contributed by atoms with Gasteiger partial charge in [0.2, 0.25) is 0 Å². The molecule has 8 heteroatoms. The predicted molar refractivity (Wildman–Crippen MR) is 59.3 cm³/mol. The van der Waals surface area contributed by atoms with Crippen LogP contribution in [0.1, 0.15) is 6.42 Å². The van der Waals surface area contributed by atoms with Gasteiger partial charge >= 0.3 is 12.2 Å². The van der Waals surface area contributed by atoms with Crippen LogP contribution in [0.4, 0.5) is 18.0 Å². The van der Waals surface area contributed by atoms with Crippen molar-refractivity contribution in [2.45, 2.75) is 12.6 Å². The standard InChI is InChI=1S/C10H18F3N3O2/c11-10(12,13)8-15-9(17)14-2-1-3-16-4-6-18-7-5-16/h1-8H2,(H2,14,15,17). The molecule has 0 aromatic rings. The molecular weight excluding hydrogens is 251 g/mol. The Kier molecular flexibility index (Phi) is 6.20. The smallest absolute Gasteiger partial charge is 0.379 e. The molecule has 0 radical (unpaired) electrons. The average molecular weight is 269 g/mol. The highest BCUT2D eigenvalue weighted by Crippen LogP contribution is 2.11. The van der Waals surface area contributed by atoms with E-state index in [1.165, 1.54) is 0 Å². The molecule has 0 saturated carbocycles. The van der Waals surface area contributed by atoms with E-state index < -0.39 is 18.8 Å². The number of nitrogens with one attached hydrogen (secondary N) is 2. The number of ether oxygens (including phenoxy) is 1. The van der Waals surface area contributed by atoms with Crippen LogP contribution >= 0.6 is 0 Å². The fourth-order valence-electron chi connectivity index (χ4n) is 1.57. The number of hydrogen-bond donors (Lipinski definition) is 2. The monoisotopic (exact) mass is 269 g/mol. The van der Waals surface area contributed by atoms with Crippen LogP contribution in [0.2, 0.25) is 0 Å². The van der Waals surface area contributed by atoms with Crippen molar-refractivity contribution in [3.63, 3.8) is 0 Å². The second-order valence-electron chi connectivity index (χ2n) is 4.03. The van der Waals surface area contributed by atoms with Crippen molar-refractivity contribution in [1.82, 2.24) is 15.5 Å². The molecule has 1 rings (SSSR count). The Morgan fingerprint density at radius 1 is 1.22 bits per heavy atom. The molecule has 0 atom stereocenters. The molecule has 0 aromatic carbocycles. The first-order chi connectivity index (χ1) is 8.47. The summed E-state index contributed by atoms with van der Waals surface area (Å²) in [6.07, 6.45) is -3.66. The molecule has 18 heavy (non-hydrogen) atoms. The van der Waals surface area contributed by atoms with Crippen molar-refractivity contribution in [2.24, 2.45) is 0 Å². The lowest BCUT2D eigenvalue weighted by molar-refractivity contribution is -0.122. The second kappa shape index (κ2) is 7.42. The lowest BCUT2D eigenvalue weighted by Crippen LogP contribution is -2.42. The van der Waals surface area contributed by atoms with E-state index in [-0.39, 0.29) is 0 Å². The Balaban J connectivity index is 1.98. The van der Waals surface area contributed by atoms with Gasteiger partial charge in [0.25, 0.3) is 0 Å². The zero-order chi connectivity index (χ0) is 13.4. The van der Waals surface area contributed by atoms with E-state index in [1.54, 1.807) is 5.32 Å². The molecule has 1 aliphatic heterocycles. The van der Waals surface area contributed by atoms with E-state index in [9.17, 15) is 18.0 Å². The van der Waals surface area contributed by atoms with Crippen molar-refractivity contribution < 1.29 is 22.7 Å². The average Bonchev–Trinajstić information content (AvgIpc) is 2.33. The van der Waals surface area contributed by atoms with Crippen LogP contribution in [0.15, 0.2) is 0 Å². The third kappa shape index (κ3) is 7.33. The van der Waals surface area contributed by atoms with Crippen LogP contribution in [0.25, 0.3) is 0 Å². The largest absolute Gasteiger partial charge is 0.405 e. The van der Waals surface area contributed by atoms with E-state index in [2.05, 4.69) is 10.2 Å². The van der Waals surface area contributed by atoms with Gasteiger partial charge in [0.05, 0.1) is 13.2 Å². The van der Waals surface area contributed by atoms with Crippen molar-refractivity contribution in [3.05, 3.63) is 0 Å². The highest BCUT2D eigenvalue weighted by Gasteiger charge is 2.27. The number of amides is 2. The van der Waals surface area contributed by atoms with Crippen molar-refractivity contribution in [2.75, 3.05) is 45.9 Å². The molecule has 0 spiro atoms. The summed E-state index contributed by atoms with van der Waals surface area (Å²) in [5.41, 5.74) is 0. The van der Waals surface area contributed by atoms with Crippen LogP contribution in [0, 0.1) is 0 Å². The number of carbonyl (C=O) groups excluding carboxylic acids is 1. The van der Waals surface area contributed by atoms with Crippen LogP contribution in [0.3, 0.4) is 0 Å². The molecule has 1 heterocycles. The van der Waals surface area contributed by atoms with Gasteiger partial charge in [0.1, 0.15) is 6.54 Å². The number of nitrogens with zero attached hydrogens (tertiary/aromatic N) is 1. The molecule has 2 amide bonds. The van der Waals surface area contributed by atoms with Crippen LogP contribution in [0.5, 0.6) is 0 Å². The lowest BCUT2D eigenvalue weighted by atomic mass is 10.3. The van der Waals surface area contributed by atoms with Gasteiger partial charge in [-0.25, -0.2) is 4.79 Å². The third-order valence-electron chi connectivity index (χ3n) is 2.49. The van der Waals surface area contributed by atoms with E-state index in [0.29, 0.717) is 26.2 Å². The molecule has 0 unspecified atom stereocenters. The summed E-state index contributed by atoms with van der Waals surface area (Å²) in [6.45, 7) is 3.01. The summed E-state index contributed by atoms with van der Waals surface area (Å²) >= 11 is 0. The number of rotatable bonds is 5. The summed E-state index contributed by atoms with van der Waals surface area (Å²) in [5.74, 6) is 0. The summed E-state index contributed by atoms with van der Waals surface area (Å²) in [5, 5.41) is 4.14. The number of morpholine rings is 1. The van der Waals surface area contributed by atoms with Crippen molar-refractivity contribution in [1.29, 1.82) is 0 Å². The molecule has 0 aromatic heterocycles. The van der Waals surface area contributed by atoms with E-state index in [1.807, 2.05) is 0 Å². The normalized spacial score (nSPS) is 17.5. The summed E-state index contributed by atoms with van der Waals surface area (Å²) in [4.78, 5) is 13.2. The van der Waals surface area contributed by atoms with Gasteiger partial charge in [-0.3, -0.25) is 4.90 Å². The maximum Gasteiger partial charge on any atom is 0.405 e. The Bertz CT molecular complexity index is 255. The fraction of sp³-hybridized carbons (Fsp3) is 0.900. The molecule has 1 saturated heterocycles. The van der Waals surface area contributed by atoms with E-state index in [0.717, 1.165) is 19.6 Å². The number of urea groups is 1. The lowest BCUT2D eigenvalue weighted by Gasteiger charge is -2.26. The number of hydrogen-bond acceptors (Lipinski definition) is 3. The number of alkyl halides is 3. The minimum atomic E-state index is -4.37. The van der Waals surface area contributed by atoms with Gasteiger partial charge in [-0.2, -0.15) is 13.2 Å². The topological polar surface area (TPSA) is 53.6 Å². The molecule has 1 aliphatic rings. The predicted octanol–water partition coefficient (Wildman–Crippen LogP) is 0.570. The van der Waals surface area contributed by atoms with Crippen molar-refractivity contribution >= 4 is 6.03 Å². The first kappa shape index (κ1) is 15.0. The van der Waals surface area contributed by atoms with Gasteiger partial charge in [0.15, 0.2) is 0 Å². The Morgan fingerprint density at radius 3 is 2.50 bits per heavy atom. The maximum atomic E-state index is 11.8. The van der Waals surface area contributed by atoms with Crippen molar-refractivity contribution in [3.8, 4) is 0 Å². The molecule has 5 nitrogen and oxygen atoms in total. The van der Waals surface area contributed by atoms with Gasteiger partial charge in [-0.1, -0.05) is 0 Å². The molecule has 1 fully saturated rings. The summed E-state index contributed by atoms with van der Waals surface area (Å²) in [6, 6.07) is -0.783. The first-order valence-corrected chi connectivity index (χ1v) is 5.86. The van der Waals surface area contributed by atoms with Gasteiger partial charge in [0, 0.05) is 19.6 Å². The van der Waals surface area contributed by atoms with Crippen LogP contribution in [-0.4, -0.2) is 63.0 Å². The maximum absolute atomic E-state index is 11.8. The zero-order valence-electron chi connectivity index (χ0n) is 10.1. The molecule has 0 bridgehead atoms. The highest BCUT2D eigenvalue weighted by atomic mass is 19.4. The molecular formula is C10H18F3N3O2. The molecule has 0 aliphatic carbocycles. The molecule has 106 valence electrons. The highest BCUT2D eigenvalue weighted by molar-refractivity contribution is 5.73. The first-order valence-electron chi connectivity index (χ1n) is 5.86. The van der Waals surface area contributed by atoms with Gasteiger partial charge in [-0.05, 0) is 13.0 Å². The Morgan fingerprint density at radius 2 is 1.89 bits per heavy atom.